The molecule has 0 atom stereocenters. The third kappa shape index (κ3) is 1.80. The van der Waals surface area contributed by atoms with Gasteiger partial charge in [-0.25, -0.2) is 12.4 Å². The molecule has 0 bridgehead atoms. The lowest BCUT2D eigenvalue weighted by atomic mass is 10.4. The number of nitrogens with zero attached hydrogens (tertiary/aromatic N) is 1. The molecular formula is C6H8ClNO3S. The molecule has 0 aliphatic heterocycles. The van der Waals surface area contributed by atoms with Gasteiger partial charge in [0.25, 0.3) is 0 Å². The topological polar surface area (TPSA) is 59.3 Å². The van der Waals surface area contributed by atoms with Gasteiger partial charge in [-0.1, -0.05) is 11.6 Å². The second-order valence-electron chi connectivity index (χ2n) is 2.39. The van der Waals surface area contributed by atoms with Crippen molar-refractivity contribution in [3.05, 3.63) is 23.0 Å². The number of halogens is 1. The van der Waals surface area contributed by atoms with Gasteiger partial charge in [0.2, 0.25) is 10.0 Å². The fourth-order valence-electron chi connectivity index (χ4n) is 0.807. The Labute approximate surface area is 75.4 Å². The van der Waals surface area contributed by atoms with E-state index < -0.39 is 10.0 Å². The highest BCUT2D eigenvalue weighted by atomic mass is 35.5. The summed E-state index contributed by atoms with van der Waals surface area (Å²) in [6.45, 7) is -0.220. The van der Waals surface area contributed by atoms with E-state index in [0.717, 1.165) is 10.2 Å². The van der Waals surface area contributed by atoms with E-state index in [4.69, 9.17) is 16.7 Å². The summed E-state index contributed by atoms with van der Waals surface area (Å²) in [5.41, 5.74) is 0.477. The van der Waals surface area contributed by atoms with E-state index in [0.29, 0.717) is 5.56 Å². The average Bonchev–Trinajstić information content (AvgIpc) is 2.29. The van der Waals surface area contributed by atoms with Gasteiger partial charge in [0.05, 0.1) is 12.9 Å². The highest BCUT2D eigenvalue weighted by molar-refractivity contribution is 7.89. The van der Waals surface area contributed by atoms with Crippen LogP contribution in [0.15, 0.2) is 12.3 Å². The zero-order valence-corrected chi connectivity index (χ0v) is 7.93. The maximum Gasteiger partial charge on any atom is 0.236 e. The largest absolute Gasteiger partial charge is 0.392 e. The van der Waals surface area contributed by atoms with Crippen LogP contribution in [0.1, 0.15) is 5.56 Å². The summed E-state index contributed by atoms with van der Waals surface area (Å²) in [6, 6.07) is 1.41. The second-order valence-corrected chi connectivity index (χ2v) is 4.63. The molecule has 6 heteroatoms. The molecule has 0 aliphatic carbocycles. The molecule has 1 aromatic rings. The summed E-state index contributed by atoms with van der Waals surface area (Å²) in [4.78, 5) is 0. The van der Waals surface area contributed by atoms with Gasteiger partial charge < -0.3 is 5.11 Å². The molecule has 4 nitrogen and oxygen atoms in total. The maximum atomic E-state index is 11.0. The monoisotopic (exact) mass is 209 g/mol. The zero-order chi connectivity index (χ0) is 9.35. The Bertz CT molecular complexity index is 381. The predicted octanol–water partition coefficient (Wildman–Crippen LogP) is 0.441. The Kier molecular flexibility index (Phi) is 2.46. The lowest BCUT2D eigenvalue weighted by Crippen LogP contribution is -2.08. The van der Waals surface area contributed by atoms with Crippen LogP contribution in [-0.4, -0.2) is 23.8 Å². The predicted molar refractivity (Wildman–Crippen MR) is 45.6 cm³/mol. The van der Waals surface area contributed by atoms with E-state index in [1.165, 1.54) is 12.3 Å². The second kappa shape index (κ2) is 3.08. The van der Waals surface area contributed by atoms with E-state index in [-0.39, 0.29) is 11.8 Å². The highest BCUT2D eigenvalue weighted by Crippen LogP contribution is 2.16. The number of hydrogen-bond acceptors (Lipinski definition) is 3. The number of aromatic nitrogens is 1. The molecule has 0 unspecified atom stereocenters. The van der Waals surface area contributed by atoms with Gasteiger partial charge in [-0.3, -0.25) is 0 Å². The van der Waals surface area contributed by atoms with E-state index in [2.05, 4.69) is 0 Å². The number of aliphatic hydroxyl groups excluding tert-OH is 1. The first-order valence-corrected chi connectivity index (χ1v) is 5.36. The van der Waals surface area contributed by atoms with Crippen LogP contribution in [0, 0.1) is 0 Å². The Hall–Kier alpha value is -0.520. The third-order valence-corrected chi connectivity index (χ3v) is 2.75. The normalized spacial score (nSPS) is 11.9. The minimum absolute atomic E-state index is 0.0848. The number of rotatable bonds is 2. The smallest absolute Gasteiger partial charge is 0.236 e. The van der Waals surface area contributed by atoms with Gasteiger partial charge in [-0.05, 0) is 11.6 Å². The fraction of sp³-hybridized carbons (Fsp3) is 0.333. The molecule has 0 aliphatic rings. The van der Waals surface area contributed by atoms with Gasteiger partial charge in [0.1, 0.15) is 5.15 Å². The Morgan fingerprint density at radius 2 is 2.25 bits per heavy atom. The van der Waals surface area contributed by atoms with Crippen molar-refractivity contribution in [2.45, 2.75) is 6.61 Å². The molecular weight excluding hydrogens is 202 g/mol. The Morgan fingerprint density at radius 1 is 1.67 bits per heavy atom. The van der Waals surface area contributed by atoms with Crippen LogP contribution < -0.4 is 0 Å². The van der Waals surface area contributed by atoms with E-state index in [1.807, 2.05) is 0 Å². The van der Waals surface area contributed by atoms with Crippen molar-refractivity contribution in [3.63, 3.8) is 0 Å². The Morgan fingerprint density at radius 3 is 2.50 bits per heavy atom. The maximum absolute atomic E-state index is 11.0. The van der Waals surface area contributed by atoms with Crippen LogP contribution in [0.25, 0.3) is 0 Å². The zero-order valence-electron chi connectivity index (χ0n) is 6.36. The average molecular weight is 210 g/mol. The van der Waals surface area contributed by atoms with Crippen molar-refractivity contribution in [3.8, 4) is 0 Å². The van der Waals surface area contributed by atoms with E-state index in [1.54, 1.807) is 0 Å². The Balaban J connectivity index is 3.27. The first kappa shape index (κ1) is 9.57. The van der Waals surface area contributed by atoms with Crippen molar-refractivity contribution < 1.29 is 13.5 Å². The van der Waals surface area contributed by atoms with Crippen molar-refractivity contribution in [1.82, 2.24) is 3.97 Å². The van der Waals surface area contributed by atoms with E-state index >= 15 is 0 Å². The van der Waals surface area contributed by atoms with Crippen molar-refractivity contribution in [2.75, 3.05) is 6.26 Å². The van der Waals surface area contributed by atoms with Gasteiger partial charge in [0.15, 0.2) is 0 Å². The molecule has 0 spiro atoms. The number of hydrogen-bond donors (Lipinski definition) is 1. The SMILES string of the molecule is CS(=O)(=O)n1cc(CO)cc1Cl. The van der Waals surface area contributed by atoms with Crippen molar-refractivity contribution >= 4 is 21.6 Å². The molecule has 68 valence electrons. The molecule has 0 saturated carbocycles. The minimum Gasteiger partial charge on any atom is -0.392 e. The molecule has 1 rings (SSSR count). The molecule has 1 heterocycles. The summed E-state index contributed by atoms with van der Waals surface area (Å²) in [5, 5.41) is 8.76. The van der Waals surface area contributed by atoms with Crippen LogP contribution in [-0.2, 0) is 16.6 Å². The van der Waals surface area contributed by atoms with Crippen LogP contribution in [0.2, 0.25) is 5.15 Å². The lowest BCUT2D eigenvalue weighted by Gasteiger charge is -1.98. The van der Waals surface area contributed by atoms with Gasteiger partial charge in [-0.2, -0.15) is 0 Å². The van der Waals surface area contributed by atoms with Gasteiger partial charge in [-0.15, -0.1) is 0 Å². The lowest BCUT2D eigenvalue weighted by molar-refractivity contribution is 0.282. The third-order valence-electron chi connectivity index (χ3n) is 1.34. The molecule has 0 amide bonds. The summed E-state index contributed by atoms with van der Waals surface area (Å²) in [5.74, 6) is 0. The summed E-state index contributed by atoms with van der Waals surface area (Å²) < 4.78 is 22.9. The summed E-state index contributed by atoms with van der Waals surface area (Å²) in [7, 11) is -3.35. The highest BCUT2D eigenvalue weighted by Gasteiger charge is 2.10. The van der Waals surface area contributed by atoms with Crippen LogP contribution in [0.5, 0.6) is 0 Å². The quantitative estimate of drug-likeness (QED) is 0.769. The van der Waals surface area contributed by atoms with Crippen molar-refractivity contribution in [1.29, 1.82) is 0 Å². The minimum atomic E-state index is -3.35. The molecule has 1 N–H and O–H groups in total. The molecule has 0 radical (unpaired) electrons. The van der Waals surface area contributed by atoms with E-state index in [9.17, 15) is 8.42 Å². The fourth-order valence-corrected chi connectivity index (χ4v) is 2.07. The van der Waals surface area contributed by atoms with Crippen LogP contribution >= 0.6 is 11.6 Å². The first-order chi connectivity index (χ1) is 5.45. The molecule has 0 fully saturated rings. The van der Waals surface area contributed by atoms with Crippen LogP contribution in [0.3, 0.4) is 0 Å². The summed E-state index contributed by atoms with van der Waals surface area (Å²) >= 11 is 5.58. The summed E-state index contributed by atoms with van der Waals surface area (Å²) in [6.07, 6.45) is 2.33. The molecule has 1 aromatic heterocycles. The van der Waals surface area contributed by atoms with Gasteiger partial charge >= 0.3 is 0 Å². The molecule has 0 saturated heterocycles. The number of aliphatic hydroxyl groups is 1. The first-order valence-electron chi connectivity index (χ1n) is 3.13. The van der Waals surface area contributed by atoms with Gasteiger partial charge in [0, 0.05) is 6.20 Å². The molecule has 0 aromatic carbocycles. The standard InChI is InChI=1S/C6H8ClNO3S/c1-12(10,11)8-3-5(4-9)2-6(8)7/h2-3,9H,4H2,1H3. The van der Waals surface area contributed by atoms with Crippen molar-refractivity contribution in [2.24, 2.45) is 0 Å². The molecule has 12 heavy (non-hydrogen) atoms. The van der Waals surface area contributed by atoms with Crippen LogP contribution in [0.4, 0.5) is 0 Å².